The van der Waals surface area contributed by atoms with Crippen LogP contribution in [0.2, 0.25) is 0 Å². The zero-order valence-corrected chi connectivity index (χ0v) is 12.1. The number of methoxy groups -OCH3 is 2. The lowest BCUT2D eigenvalue weighted by Gasteiger charge is -2.14. The summed E-state index contributed by atoms with van der Waals surface area (Å²) >= 11 is 1.51. The van der Waals surface area contributed by atoms with Gasteiger partial charge < -0.3 is 9.47 Å². The first-order valence-electron chi connectivity index (χ1n) is 5.73. The molecular formula is C14H17NO2S. The average molecular weight is 263 g/mol. The Bertz CT molecular complexity index is 575. The van der Waals surface area contributed by atoms with E-state index in [1.54, 1.807) is 14.2 Å². The quantitative estimate of drug-likeness (QED) is 0.845. The van der Waals surface area contributed by atoms with Crippen LogP contribution in [-0.4, -0.2) is 19.2 Å². The van der Waals surface area contributed by atoms with Crippen LogP contribution in [0.25, 0.3) is 11.3 Å². The van der Waals surface area contributed by atoms with Gasteiger partial charge in [0, 0.05) is 10.9 Å². The van der Waals surface area contributed by atoms with E-state index in [9.17, 15) is 0 Å². The van der Waals surface area contributed by atoms with Gasteiger partial charge in [-0.2, -0.15) is 0 Å². The number of hydrogen-bond donors (Lipinski definition) is 0. The standard InChI is InChI=1S/C14H17NO2S/c1-8-6-12(16-4)9(2)10(3)13(8)11-7-18-14(15-11)17-5/h6-7H,1-5H3. The van der Waals surface area contributed by atoms with E-state index in [2.05, 4.69) is 31.8 Å². The molecule has 0 N–H and O–H groups in total. The monoisotopic (exact) mass is 263 g/mol. The molecule has 3 nitrogen and oxygen atoms in total. The fourth-order valence-electron chi connectivity index (χ4n) is 2.12. The Morgan fingerprint density at radius 1 is 1.06 bits per heavy atom. The number of aromatic nitrogens is 1. The molecule has 2 aromatic rings. The summed E-state index contributed by atoms with van der Waals surface area (Å²) in [6, 6.07) is 2.06. The van der Waals surface area contributed by atoms with E-state index >= 15 is 0 Å². The second-order valence-corrected chi connectivity index (χ2v) is 5.04. The van der Waals surface area contributed by atoms with E-state index in [0.717, 1.165) is 17.0 Å². The van der Waals surface area contributed by atoms with Crippen molar-refractivity contribution in [3.05, 3.63) is 28.1 Å². The van der Waals surface area contributed by atoms with Gasteiger partial charge in [-0.05, 0) is 43.5 Å². The van der Waals surface area contributed by atoms with Gasteiger partial charge in [-0.3, -0.25) is 0 Å². The smallest absolute Gasteiger partial charge is 0.273 e. The molecule has 4 heteroatoms. The highest BCUT2D eigenvalue weighted by molar-refractivity contribution is 7.11. The van der Waals surface area contributed by atoms with Crippen molar-refractivity contribution >= 4 is 11.3 Å². The van der Waals surface area contributed by atoms with Crippen molar-refractivity contribution in [1.29, 1.82) is 0 Å². The van der Waals surface area contributed by atoms with Gasteiger partial charge in [-0.1, -0.05) is 11.3 Å². The first-order chi connectivity index (χ1) is 8.58. The Hall–Kier alpha value is -1.55. The molecule has 0 aliphatic carbocycles. The van der Waals surface area contributed by atoms with Crippen LogP contribution in [0.3, 0.4) is 0 Å². The SMILES string of the molecule is COc1nc(-c2c(C)cc(OC)c(C)c2C)cs1. The van der Waals surface area contributed by atoms with Crippen LogP contribution in [0.15, 0.2) is 11.4 Å². The summed E-state index contributed by atoms with van der Waals surface area (Å²) in [5, 5.41) is 2.72. The molecule has 0 atom stereocenters. The summed E-state index contributed by atoms with van der Waals surface area (Å²) in [6.45, 7) is 6.25. The summed E-state index contributed by atoms with van der Waals surface area (Å²) in [4.78, 5) is 4.47. The van der Waals surface area contributed by atoms with Crippen LogP contribution in [0.5, 0.6) is 10.9 Å². The maximum absolute atomic E-state index is 5.38. The molecule has 0 bridgehead atoms. The third-order valence-corrected chi connectivity index (χ3v) is 3.98. The van der Waals surface area contributed by atoms with Gasteiger partial charge in [0.2, 0.25) is 0 Å². The molecule has 0 spiro atoms. The van der Waals surface area contributed by atoms with E-state index in [1.165, 1.54) is 28.0 Å². The second kappa shape index (κ2) is 4.98. The van der Waals surface area contributed by atoms with Gasteiger partial charge >= 0.3 is 0 Å². The van der Waals surface area contributed by atoms with Crippen molar-refractivity contribution < 1.29 is 9.47 Å². The molecule has 0 amide bonds. The molecule has 0 aliphatic heterocycles. The lowest BCUT2D eigenvalue weighted by atomic mass is 9.95. The first-order valence-corrected chi connectivity index (χ1v) is 6.61. The number of rotatable bonds is 3. The fourth-order valence-corrected chi connectivity index (χ4v) is 2.75. The van der Waals surface area contributed by atoms with Crippen LogP contribution in [-0.2, 0) is 0 Å². The van der Waals surface area contributed by atoms with E-state index < -0.39 is 0 Å². The van der Waals surface area contributed by atoms with Crippen molar-refractivity contribution in [2.45, 2.75) is 20.8 Å². The second-order valence-electron chi connectivity index (χ2n) is 4.22. The predicted molar refractivity (Wildman–Crippen MR) is 74.9 cm³/mol. The molecule has 2 rings (SSSR count). The summed E-state index contributed by atoms with van der Waals surface area (Å²) < 4.78 is 10.5. The lowest BCUT2D eigenvalue weighted by molar-refractivity contribution is 0.411. The minimum absolute atomic E-state index is 0.692. The van der Waals surface area contributed by atoms with Crippen molar-refractivity contribution in [3.8, 4) is 22.2 Å². The van der Waals surface area contributed by atoms with Crippen LogP contribution < -0.4 is 9.47 Å². The van der Waals surface area contributed by atoms with Gasteiger partial charge in [0.1, 0.15) is 5.75 Å². The maximum atomic E-state index is 5.38. The number of ether oxygens (including phenoxy) is 2. The Morgan fingerprint density at radius 2 is 1.78 bits per heavy atom. The molecule has 0 unspecified atom stereocenters. The van der Waals surface area contributed by atoms with E-state index in [-0.39, 0.29) is 0 Å². The van der Waals surface area contributed by atoms with Crippen LogP contribution >= 0.6 is 11.3 Å². The fraction of sp³-hybridized carbons (Fsp3) is 0.357. The van der Waals surface area contributed by atoms with Crippen molar-refractivity contribution in [3.63, 3.8) is 0 Å². The summed E-state index contributed by atoms with van der Waals surface area (Å²) in [7, 11) is 3.34. The first kappa shape index (κ1) is 12.9. The van der Waals surface area contributed by atoms with Crippen molar-refractivity contribution in [2.24, 2.45) is 0 Å². The van der Waals surface area contributed by atoms with E-state index in [4.69, 9.17) is 9.47 Å². The van der Waals surface area contributed by atoms with E-state index in [1.807, 2.05) is 5.38 Å². The van der Waals surface area contributed by atoms with Gasteiger partial charge in [-0.15, -0.1) is 0 Å². The maximum Gasteiger partial charge on any atom is 0.273 e. The Morgan fingerprint density at radius 3 is 2.33 bits per heavy atom. The minimum atomic E-state index is 0.692. The lowest BCUT2D eigenvalue weighted by Crippen LogP contribution is -1.96. The molecular weight excluding hydrogens is 246 g/mol. The largest absolute Gasteiger partial charge is 0.496 e. The van der Waals surface area contributed by atoms with Crippen LogP contribution in [0.1, 0.15) is 16.7 Å². The normalized spacial score (nSPS) is 10.5. The molecule has 0 saturated carbocycles. The molecule has 0 radical (unpaired) electrons. The van der Waals surface area contributed by atoms with E-state index in [0.29, 0.717) is 5.19 Å². The van der Waals surface area contributed by atoms with Crippen molar-refractivity contribution in [1.82, 2.24) is 4.98 Å². The highest BCUT2D eigenvalue weighted by atomic mass is 32.1. The van der Waals surface area contributed by atoms with Crippen LogP contribution in [0.4, 0.5) is 0 Å². The van der Waals surface area contributed by atoms with Crippen LogP contribution in [0, 0.1) is 20.8 Å². The number of thiazole rings is 1. The van der Waals surface area contributed by atoms with Gasteiger partial charge in [0.15, 0.2) is 0 Å². The number of hydrogen-bond acceptors (Lipinski definition) is 4. The summed E-state index contributed by atoms with van der Waals surface area (Å²) in [5.41, 5.74) is 5.68. The molecule has 96 valence electrons. The Labute approximate surface area is 111 Å². The number of benzene rings is 1. The highest BCUT2D eigenvalue weighted by Gasteiger charge is 2.15. The zero-order chi connectivity index (χ0) is 13.3. The third kappa shape index (κ3) is 2.08. The summed E-state index contributed by atoms with van der Waals surface area (Å²) in [6.07, 6.45) is 0. The molecule has 0 fully saturated rings. The molecule has 1 aromatic carbocycles. The van der Waals surface area contributed by atoms with Gasteiger partial charge in [-0.25, -0.2) is 4.98 Å². The van der Waals surface area contributed by atoms with Gasteiger partial charge in [0.05, 0.1) is 19.9 Å². The number of aryl methyl sites for hydroxylation is 1. The average Bonchev–Trinajstić information content (AvgIpc) is 2.82. The van der Waals surface area contributed by atoms with Gasteiger partial charge in [0.25, 0.3) is 5.19 Å². The molecule has 18 heavy (non-hydrogen) atoms. The summed E-state index contributed by atoms with van der Waals surface area (Å²) in [5.74, 6) is 0.927. The topological polar surface area (TPSA) is 31.4 Å². The van der Waals surface area contributed by atoms with Crippen molar-refractivity contribution in [2.75, 3.05) is 14.2 Å². The molecule has 0 aliphatic rings. The Balaban J connectivity index is 2.60. The highest BCUT2D eigenvalue weighted by Crippen LogP contribution is 2.36. The zero-order valence-electron chi connectivity index (χ0n) is 11.3. The minimum Gasteiger partial charge on any atom is -0.496 e. The Kier molecular flexibility index (Phi) is 3.57. The molecule has 1 aromatic heterocycles. The predicted octanol–water partition coefficient (Wildman–Crippen LogP) is 3.75. The number of nitrogens with zero attached hydrogens (tertiary/aromatic N) is 1. The molecule has 0 saturated heterocycles. The molecule has 1 heterocycles. The third-order valence-electron chi connectivity index (χ3n) is 3.18.